The zero-order chi connectivity index (χ0) is 11.3. The monoisotopic (exact) mass is 210 g/mol. The first-order chi connectivity index (χ1) is 7.13. The van der Waals surface area contributed by atoms with Crippen molar-refractivity contribution in [2.24, 2.45) is 5.73 Å². The second kappa shape index (κ2) is 5.56. The normalized spacial score (nSPS) is 12.5. The highest BCUT2D eigenvalue weighted by atomic mass is 16.5. The fourth-order valence-electron chi connectivity index (χ4n) is 1.38. The molecule has 1 aromatic rings. The van der Waals surface area contributed by atoms with Crippen molar-refractivity contribution in [1.82, 2.24) is 4.57 Å². The van der Waals surface area contributed by atoms with Gasteiger partial charge in [0.1, 0.15) is 0 Å². The van der Waals surface area contributed by atoms with Crippen molar-refractivity contribution < 1.29 is 9.53 Å². The second-order valence-corrected chi connectivity index (χ2v) is 3.65. The lowest BCUT2D eigenvalue weighted by Gasteiger charge is -2.03. The number of aromatic nitrogens is 1. The van der Waals surface area contributed by atoms with Gasteiger partial charge in [-0.1, -0.05) is 0 Å². The summed E-state index contributed by atoms with van der Waals surface area (Å²) in [5.41, 5.74) is 6.86. The molecule has 84 valence electrons. The molecule has 1 atom stereocenters. The third kappa shape index (κ3) is 3.75. The van der Waals surface area contributed by atoms with Crippen LogP contribution in [0.4, 0.5) is 0 Å². The first-order valence-corrected chi connectivity index (χ1v) is 5.11. The van der Waals surface area contributed by atoms with Crippen LogP contribution in [-0.4, -0.2) is 17.6 Å². The summed E-state index contributed by atoms with van der Waals surface area (Å²) >= 11 is 0. The number of hydrogen-bond donors (Lipinski definition) is 1. The van der Waals surface area contributed by atoms with Gasteiger partial charge in [0.05, 0.1) is 7.11 Å². The fourth-order valence-corrected chi connectivity index (χ4v) is 1.38. The number of esters is 1. The number of ether oxygens (including phenoxy) is 1. The Kier molecular flexibility index (Phi) is 4.37. The van der Waals surface area contributed by atoms with E-state index in [4.69, 9.17) is 5.73 Å². The Labute approximate surface area is 90.0 Å². The standard InChI is InChI=1S/C11H18N2O2/c1-9(12)10-5-7-13(8-10)6-3-4-11(14)15-2/h5,7-9H,3-4,6,12H2,1-2H3. The summed E-state index contributed by atoms with van der Waals surface area (Å²) in [6.45, 7) is 2.77. The molecular weight excluding hydrogens is 192 g/mol. The van der Waals surface area contributed by atoms with E-state index in [1.165, 1.54) is 7.11 Å². The van der Waals surface area contributed by atoms with Crippen molar-refractivity contribution in [3.63, 3.8) is 0 Å². The number of nitrogens with zero attached hydrogens (tertiary/aromatic N) is 1. The van der Waals surface area contributed by atoms with Crippen molar-refractivity contribution in [1.29, 1.82) is 0 Å². The molecule has 0 aromatic carbocycles. The molecule has 0 radical (unpaired) electrons. The number of carbonyl (C=O) groups is 1. The number of nitrogens with two attached hydrogens (primary N) is 1. The van der Waals surface area contributed by atoms with Crippen LogP contribution in [0.15, 0.2) is 18.5 Å². The van der Waals surface area contributed by atoms with Crippen LogP contribution in [0.2, 0.25) is 0 Å². The summed E-state index contributed by atoms with van der Waals surface area (Å²) in [6.07, 6.45) is 5.25. The van der Waals surface area contributed by atoms with Crippen molar-refractivity contribution >= 4 is 5.97 Å². The largest absolute Gasteiger partial charge is 0.469 e. The molecule has 0 fully saturated rings. The summed E-state index contributed by atoms with van der Waals surface area (Å²) in [6, 6.07) is 2.06. The van der Waals surface area contributed by atoms with Gasteiger partial charge in [-0.15, -0.1) is 0 Å². The Morgan fingerprint density at radius 2 is 2.40 bits per heavy atom. The van der Waals surface area contributed by atoms with Crippen molar-refractivity contribution in [3.05, 3.63) is 24.0 Å². The minimum absolute atomic E-state index is 0.0619. The van der Waals surface area contributed by atoms with Crippen LogP contribution in [0.3, 0.4) is 0 Å². The first kappa shape index (κ1) is 11.8. The van der Waals surface area contributed by atoms with Gasteiger partial charge in [0.2, 0.25) is 0 Å². The smallest absolute Gasteiger partial charge is 0.305 e. The summed E-state index contributed by atoms with van der Waals surface area (Å²) in [7, 11) is 1.41. The Balaban J connectivity index is 2.34. The summed E-state index contributed by atoms with van der Waals surface area (Å²) in [5.74, 6) is -0.158. The molecular formula is C11H18N2O2. The topological polar surface area (TPSA) is 57.2 Å². The van der Waals surface area contributed by atoms with Crippen LogP contribution in [0, 0.1) is 0 Å². The highest BCUT2D eigenvalue weighted by molar-refractivity contribution is 5.68. The van der Waals surface area contributed by atoms with Gasteiger partial charge in [0.25, 0.3) is 0 Å². The van der Waals surface area contributed by atoms with E-state index < -0.39 is 0 Å². The average Bonchev–Trinajstić information content (AvgIpc) is 2.66. The van der Waals surface area contributed by atoms with Crippen molar-refractivity contribution in [3.8, 4) is 0 Å². The number of hydrogen-bond acceptors (Lipinski definition) is 3. The van der Waals surface area contributed by atoms with Gasteiger partial charge < -0.3 is 15.0 Å². The molecule has 4 heteroatoms. The van der Waals surface area contributed by atoms with Gasteiger partial charge in [0, 0.05) is 31.4 Å². The minimum Gasteiger partial charge on any atom is -0.469 e. The number of carbonyl (C=O) groups excluding carboxylic acids is 1. The molecule has 0 aliphatic rings. The van der Waals surface area contributed by atoms with E-state index in [-0.39, 0.29) is 12.0 Å². The first-order valence-electron chi connectivity index (χ1n) is 5.11. The predicted octanol–water partition coefficient (Wildman–Crippen LogP) is 1.46. The summed E-state index contributed by atoms with van der Waals surface area (Å²) < 4.78 is 6.61. The highest BCUT2D eigenvalue weighted by Gasteiger charge is 2.03. The SMILES string of the molecule is COC(=O)CCCn1ccc(C(C)N)c1. The Bertz CT molecular complexity index is 318. The average molecular weight is 210 g/mol. The van der Waals surface area contributed by atoms with E-state index in [1.807, 2.05) is 30.0 Å². The van der Waals surface area contributed by atoms with Gasteiger partial charge in [-0.2, -0.15) is 0 Å². The highest BCUT2D eigenvalue weighted by Crippen LogP contribution is 2.10. The van der Waals surface area contributed by atoms with Gasteiger partial charge in [-0.25, -0.2) is 0 Å². The molecule has 0 aliphatic heterocycles. The molecule has 1 heterocycles. The van der Waals surface area contributed by atoms with Crippen LogP contribution in [-0.2, 0) is 16.1 Å². The van der Waals surface area contributed by atoms with Crippen LogP contribution in [0.5, 0.6) is 0 Å². The zero-order valence-electron chi connectivity index (χ0n) is 9.27. The Hall–Kier alpha value is -1.29. The van der Waals surface area contributed by atoms with Crippen LogP contribution < -0.4 is 5.73 Å². The van der Waals surface area contributed by atoms with Crippen LogP contribution in [0.1, 0.15) is 31.4 Å². The summed E-state index contributed by atoms with van der Waals surface area (Å²) in [5, 5.41) is 0. The lowest BCUT2D eigenvalue weighted by molar-refractivity contribution is -0.140. The number of methoxy groups -OCH3 is 1. The molecule has 0 aliphatic carbocycles. The van der Waals surface area contributed by atoms with E-state index in [0.717, 1.165) is 18.5 Å². The second-order valence-electron chi connectivity index (χ2n) is 3.65. The van der Waals surface area contributed by atoms with Gasteiger partial charge in [0.15, 0.2) is 0 Å². The van der Waals surface area contributed by atoms with Crippen molar-refractivity contribution in [2.45, 2.75) is 32.4 Å². The molecule has 4 nitrogen and oxygen atoms in total. The minimum atomic E-state index is -0.158. The van der Waals surface area contributed by atoms with Gasteiger partial charge in [-0.05, 0) is 25.0 Å². The molecule has 1 unspecified atom stereocenters. The van der Waals surface area contributed by atoms with Crippen molar-refractivity contribution in [2.75, 3.05) is 7.11 Å². The van der Waals surface area contributed by atoms with Crippen LogP contribution in [0.25, 0.3) is 0 Å². The maximum Gasteiger partial charge on any atom is 0.305 e. The lowest BCUT2D eigenvalue weighted by atomic mass is 10.2. The van der Waals surface area contributed by atoms with E-state index in [0.29, 0.717) is 6.42 Å². The molecule has 2 N–H and O–H groups in total. The lowest BCUT2D eigenvalue weighted by Crippen LogP contribution is -2.05. The Morgan fingerprint density at radius 3 is 2.93 bits per heavy atom. The molecule has 0 spiro atoms. The third-order valence-corrected chi connectivity index (χ3v) is 2.32. The molecule has 1 rings (SSSR count). The molecule has 0 saturated carbocycles. The summed E-state index contributed by atoms with van der Waals surface area (Å²) in [4.78, 5) is 10.9. The van der Waals surface area contributed by atoms with E-state index in [2.05, 4.69) is 4.74 Å². The maximum absolute atomic E-state index is 10.9. The zero-order valence-corrected chi connectivity index (χ0v) is 9.27. The molecule has 0 bridgehead atoms. The molecule has 1 aromatic heterocycles. The molecule has 0 saturated heterocycles. The fraction of sp³-hybridized carbons (Fsp3) is 0.545. The molecule has 0 amide bonds. The van der Waals surface area contributed by atoms with Gasteiger partial charge in [-0.3, -0.25) is 4.79 Å². The predicted molar refractivity (Wildman–Crippen MR) is 58.3 cm³/mol. The third-order valence-electron chi connectivity index (χ3n) is 2.32. The quantitative estimate of drug-likeness (QED) is 0.748. The number of aryl methyl sites for hydroxylation is 1. The van der Waals surface area contributed by atoms with E-state index in [9.17, 15) is 4.79 Å². The number of rotatable bonds is 5. The van der Waals surface area contributed by atoms with E-state index in [1.54, 1.807) is 0 Å². The van der Waals surface area contributed by atoms with E-state index >= 15 is 0 Å². The van der Waals surface area contributed by atoms with Gasteiger partial charge >= 0.3 is 5.97 Å². The maximum atomic E-state index is 10.9. The van der Waals surface area contributed by atoms with Crippen LogP contribution >= 0.6 is 0 Å². The Morgan fingerprint density at radius 1 is 1.67 bits per heavy atom. The molecule has 15 heavy (non-hydrogen) atoms.